The predicted molar refractivity (Wildman–Crippen MR) is 49.9 cm³/mol. The second kappa shape index (κ2) is 3.10. The zero-order valence-corrected chi connectivity index (χ0v) is 7.64. The zero-order valence-electron chi connectivity index (χ0n) is 7.64. The number of carboxylic acid groups (broad SMARTS) is 1. The Morgan fingerprint density at radius 1 is 1.64 bits per heavy atom. The van der Waals surface area contributed by atoms with Crippen LogP contribution in [0.15, 0.2) is 18.5 Å². The normalized spacial score (nSPS) is 10.6. The number of carbonyl (C=O) groups is 1. The molecule has 1 N–H and O–H groups in total. The molecule has 0 aliphatic rings. The van der Waals surface area contributed by atoms with Gasteiger partial charge in [-0.25, -0.2) is 0 Å². The Labute approximate surface area is 80.0 Å². The minimum Gasteiger partial charge on any atom is -0.480 e. The Morgan fingerprint density at radius 2 is 2.43 bits per heavy atom. The van der Waals surface area contributed by atoms with E-state index in [2.05, 4.69) is 10.1 Å². The van der Waals surface area contributed by atoms with Gasteiger partial charge < -0.3 is 5.11 Å². The van der Waals surface area contributed by atoms with E-state index in [1.165, 1.54) is 4.68 Å². The highest BCUT2D eigenvalue weighted by Gasteiger charge is 2.08. The Morgan fingerprint density at radius 3 is 3.14 bits per heavy atom. The topological polar surface area (TPSA) is 68.0 Å². The SMILES string of the molecule is Cc1nn(CC(=O)O)c2cnccc12. The van der Waals surface area contributed by atoms with Gasteiger partial charge in [0.15, 0.2) is 0 Å². The van der Waals surface area contributed by atoms with E-state index < -0.39 is 5.97 Å². The van der Waals surface area contributed by atoms with Gasteiger partial charge in [-0.15, -0.1) is 0 Å². The van der Waals surface area contributed by atoms with Crippen molar-refractivity contribution in [1.82, 2.24) is 14.8 Å². The average Bonchev–Trinajstić information content (AvgIpc) is 2.44. The first kappa shape index (κ1) is 8.68. The summed E-state index contributed by atoms with van der Waals surface area (Å²) in [6.07, 6.45) is 3.29. The van der Waals surface area contributed by atoms with Gasteiger partial charge >= 0.3 is 5.97 Å². The summed E-state index contributed by atoms with van der Waals surface area (Å²) < 4.78 is 1.44. The molecule has 0 aromatic carbocycles. The molecule has 0 saturated carbocycles. The maximum absolute atomic E-state index is 10.5. The molecule has 0 fully saturated rings. The molecule has 0 bridgehead atoms. The van der Waals surface area contributed by atoms with Crippen LogP contribution in [0.3, 0.4) is 0 Å². The number of rotatable bonds is 2. The van der Waals surface area contributed by atoms with Crippen molar-refractivity contribution in [3.63, 3.8) is 0 Å². The van der Waals surface area contributed by atoms with E-state index in [9.17, 15) is 4.79 Å². The van der Waals surface area contributed by atoms with Gasteiger partial charge in [-0.1, -0.05) is 0 Å². The Bertz CT molecular complexity index is 490. The quantitative estimate of drug-likeness (QED) is 0.763. The number of aryl methyl sites for hydroxylation is 1. The molecule has 0 unspecified atom stereocenters. The van der Waals surface area contributed by atoms with Crippen LogP contribution in [0.1, 0.15) is 5.69 Å². The summed E-state index contributed by atoms with van der Waals surface area (Å²) in [5, 5.41) is 13.7. The molecule has 5 nitrogen and oxygen atoms in total. The third kappa shape index (κ3) is 1.32. The lowest BCUT2D eigenvalue weighted by Crippen LogP contribution is -2.09. The average molecular weight is 191 g/mol. The molecule has 2 aromatic heterocycles. The third-order valence-electron chi connectivity index (χ3n) is 2.02. The molecule has 0 atom stereocenters. The van der Waals surface area contributed by atoms with Crippen molar-refractivity contribution in [3.05, 3.63) is 24.2 Å². The zero-order chi connectivity index (χ0) is 10.1. The summed E-state index contributed by atoms with van der Waals surface area (Å²) in [6, 6.07) is 1.83. The number of hydrogen-bond acceptors (Lipinski definition) is 3. The van der Waals surface area contributed by atoms with Gasteiger partial charge in [0.1, 0.15) is 6.54 Å². The van der Waals surface area contributed by atoms with Crippen molar-refractivity contribution < 1.29 is 9.90 Å². The molecule has 0 aliphatic carbocycles. The molecule has 72 valence electrons. The highest BCUT2D eigenvalue weighted by molar-refractivity contribution is 5.82. The summed E-state index contributed by atoms with van der Waals surface area (Å²) in [5.41, 5.74) is 1.58. The lowest BCUT2D eigenvalue weighted by atomic mass is 10.3. The van der Waals surface area contributed by atoms with Gasteiger partial charge in [-0.2, -0.15) is 5.10 Å². The maximum atomic E-state index is 10.5. The molecule has 14 heavy (non-hydrogen) atoms. The molecular formula is C9H9N3O2. The van der Waals surface area contributed by atoms with E-state index in [0.29, 0.717) is 0 Å². The Hall–Kier alpha value is -1.91. The molecule has 2 aromatic rings. The van der Waals surface area contributed by atoms with Crippen molar-refractivity contribution in [2.45, 2.75) is 13.5 Å². The number of aromatic nitrogens is 3. The second-order valence-electron chi connectivity index (χ2n) is 3.03. The molecule has 2 heterocycles. The maximum Gasteiger partial charge on any atom is 0.325 e. The van der Waals surface area contributed by atoms with E-state index in [0.717, 1.165) is 16.6 Å². The van der Waals surface area contributed by atoms with Crippen molar-refractivity contribution in [1.29, 1.82) is 0 Å². The second-order valence-corrected chi connectivity index (χ2v) is 3.03. The lowest BCUT2D eigenvalue weighted by Gasteiger charge is -1.96. The third-order valence-corrected chi connectivity index (χ3v) is 2.02. The molecule has 0 amide bonds. The number of hydrogen-bond donors (Lipinski definition) is 1. The van der Waals surface area contributed by atoms with Crippen LogP contribution in [0.25, 0.3) is 10.9 Å². The highest BCUT2D eigenvalue weighted by atomic mass is 16.4. The van der Waals surface area contributed by atoms with E-state index >= 15 is 0 Å². The number of pyridine rings is 1. The van der Waals surface area contributed by atoms with Crippen molar-refractivity contribution >= 4 is 16.9 Å². The smallest absolute Gasteiger partial charge is 0.325 e. The van der Waals surface area contributed by atoms with E-state index in [-0.39, 0.29) is 6.54 Å². The lowest BCUT2D eigenvalue weighted by molar-refractivity contribution is -0.137. The fourth-order valence-corrected chi connectivity index (χ4v) is 1.44. The van der Waals surface area contributed by atoms with Crippen LogP contribution >= 0.6 is 0 Å². The van der Waals surface area contributed by atoms with E-state index in [1.54, 1.807) is 12.4 Å². The van der Waals surface area contributed by atoms with Crippen LogP contribution in [-0.2, 0) is 11.3 Å². The Kier molecular flexibility index (Phi) is 1.92. The molecular weight excluding hydrogens is 182 g/mol. The van der Waals surface area contributed by atoms with E-state index in [4.69, 9.17) is 5.11 Å². The first-order valence-corrected chi connectivity index (χ1v) is 4.17. The fraction of sp³-hybridized carbons (Fsp3) is 0.222. The van der Waals surface area contributed by atoms with Crippen LogP contribution < -0.4 is 0 Å². The first-order chi connectivity index (χ1) is 6.68. The van der Waals surface area contributed by atoms with Gasteiger partial charge in [-0.3, -0.25) is 14.5 Å². The molecule has 2 rings (SSSR count). The number of carboxylic acids is 1. The molecule has 0 aliphatic heterocycles. The fourth-order valence-electron chi connectivity index (χ4n) is 1.44. The van der Waals surface area contributed by atoms with Crippen molar-refractivity contribution in [2.24, 2.45) is 0 Å². The van der Waals surface area contributed by atoms with Crippen LogP contribution in [0.5, 0.6) is 0 Å². The van der Waals surface area contributed by atoms with Crippen LogP contribution in [0.2, 0.25) is 0 Å². The molecule has 0 saturated heterocycles. The summed E-state index contributed by atoms with van der Waals surface area (Å²) in [4.78, 5) is 14.5. The van der Waals surface area contributed by atoms with Crippen molar-refractivity contribution in [2.75, 3.05) is 0 Å². The number of fused-ring (bicyclic) bond motifs is 1. The van der Waals surface area contributed by atoms with Crippen LogP contribution in [0.4, 0.5) is 0 Å². The molecule has 0 spiro atoms. The summed E-state index contributed by atoms with van der Waals surface area (Å²) in [7, 11) is 0. The van der Waals surface area contributed by atoms with E-state index in [1.807, 2.05) is 13.0 Å². The van der Waals surface area contributed by atoms with Gasteiger partial charge in [0, 0.05) is 11.6 Å². The Balaban J connectivity index is 2.60. The summed E-state index contributed by atoms with van der Waals surface area (Å²) >= 11 is 0. The first-order valence-electron chi connectivity index (χ1n) is 4.17. The number of aliphatic carboxylic acids is 1. The van der Waals surface area contributed by atoms with Crippen LogP contribution in [0, 0.1) is 6.92 Å². The minimum atomic E-state index is -0.904. The standard InChI is InChI=1S/C9H9N3O2/c1-6-7-2-3-10-4-8(7)12(11-6)5-9(13)14/h2-4H,5H2,1H3,(H,13,14). The van der Waals surface area contributed by atoms with Crippen molar-refractivity contribution in [3.8, 4) is 0 Å². The summed E-state index contributed by atoms with van der Waals surface area (Å²) in [6.45, 7) is 1.72. The van der Waals surface area contributed by atoms with Gasteiger partial charge in [0.05, 0.1) is 17.4 Å². The largest absolute Gasteiger partial charge is 0.480 e. The minimum absolute atomic E-state index is 0.129. The predicted octanol–water partition coefficient (Wildman–Crippen LogP) is 0.824. The van der Waals surface area contributed by atoms with Gasteiger partial charge in [0.2, 0.25) is 0 Å². The van der Waals surface area contributed by atoms with Crippen LogP contribution in [-0.4, -0.2) is 25.8 Å². The van der Waals surface area contributed by atoms with Gasteiger partial charge in [-0.05, 0) is 13.0 Å². The summed E-state index contributed by atoms with van der Waals surface area (Å²) in [5.74, 6) is -0.904. The van der Waals surface area contributed by atoms with Gasteiger partial charge in [0.25, 0.3) is 0 Å². The monoisotopic (exact) mass is 191 g/mol. The molecule has 0 radical (unpaired) electrons. The number of nitrogens with zero attached hydrogens (tertiary/aromatic N) is 3. The molecule has 5 heteroatoms. The highest BCUT2D eigenvalue weighted by Crippen LogP contribution is 2.15.